The molecule has 0 aliphatic rings. The lowest BCUT2D eigenvalue weighted by Crippen LogP contribution is -2.00. The van der Waals surface area contributed by atoms with Crippen LogP contribution in [0, 0.1) is 37.1 Å². The number of aryl methyl sites for hydroxylation is 2. The Morgan fingerprint density at radius 1 is 0.750 bits per heavy atom. The Bertz CT molecular complexity index is 871. The predicted octanol–water partition coefficient (Wildman–Crippen LogP) is 4.56. The van der Waals surface area contributed by atoms with Gasteiger partial charge in [0.25, 0.3) is 0 Å². The molecule has 0 unspecified atom stereocenters. The smallest absolute Gasteiger partial charge is 0.199 e. The molecule has 0 bridgehead atoms. The van der Waals surface area contributed by atoms with E-state index in [9.17, 15) is 17.6 Å². The van der Waals surface area contributed by atoms with Crippen molar-refractivity contribution in [2.75, 3.05) is 0 Å². The van der Waals surface area contributed by atoms with Crippen LogP contribution in [0.4, 0.5) is 17.6 Å². The summed E-state index contributed by atoms with van der Waals surface area (Å²) in [5, 5.41) is 0.216. The first kappa shape index (κ1) is 12.8. The van der Waals surface area contributed by atoms with Gasteiger partial charge in [0.2, 0.25) is 0 Å². The summed E-state index contributed by atoms with van der Waals surface area (Å²) in [5.74, 6) is -6.56. The van der Waals surface area contributed by atoms with Gasteiger partial charge in [-0.1, -0.05) is 6.07 Å². The lowest BCUT2D eigenvalue weighted by Gasteiger charge is -2.08. The summed E-state index contributed by atoms with van der Waals surface area (Å²) < 4.78 is 54.0. The van der Waals surface area contributed by atoms with Gasteiger partial charge in [0.05, 0.1) is 5.52 Å². The van der Waals surface area contributed by atoms with Crippen molar-refractivity contribution < 1.29 is 17.6 Å². The highest BCUT2D eigenvalue weighted by Gasteiger charge is 2.22. The number of hydrogen-bond donors (Lipinski definition) is 0. The van der Waals surface area contributed by atoms with E-state index in [1.165, 1.54) is 6.07 Å². The van der Waals surface area contributed by atoms with Crippen LogP contribution in [0.2, 0.25) is 0 Å². The quantitative estimate of drug-likeness (QED) is 0.254. The average molecular weight is 279 g/mol. The van der Waals surface area contributed by atoms with Crippen LogP contribution in [-0.4, -0.2) is 4.98 Å². The number of halogens is 4. The summed E-state index contributed by atoms with van der Waals surface area (Å²) in [6, 6.07) is 4.83. The van der Waals surface area contributed by atoms with E-state index in [2.05, 4.69) is 4.98 Å². The Hall–Kier alpha value is -2.17. The van der Waals surface area contributed by atoms with Gasteiger partial charge in [-0.2, -0.15) is 0 Å². The Morgan fingerprint density at radius 3 is 2.10 bits per heavy atom. The first-order valence-corrected chi connectivity index (χ1v) is 5.94. The number of fused-ring (bicyclic) bond motifs is 2. The highest BCUT2D eigenvalue weighted by Crippen LogP contribution is 2.29. The molecule has 1 heterocycles. The van der Waals surface area contributed by atoms with Crippen LogP contribution in [0.1, 0.15) is 11.1 Å². The predicted molar refractivity (Wildman–Crippen MR) is 68.6 cm³/mol. The fourth-order valence-electron chi connectivity index (χ4n) is 2.38. The van der Waals surface area contributed by atoms with Crippen LogP contribution in [-0.2, 0) is 0 Å². The van der Waals surface area contributed by atoms with E-state index in [1.54, 1.807) is 13.0 Å². The van der Waals surface area contributed by atoms with Crippen LogP contribution in [0.5, 0.6) is 0 Å². The topological polar surface area (TPSA) is 12.9 Å². The Labute approximate surface area is 111 Å². The van der Waals surface area contributed by atoms with Gasteiger partial charge in [-0.15, -0.1) is 0 Å². The normalized spacial score (nSPS) is 11.5. The van der Waals surface area contributed by atoms with Gasteiger partial charge < -0.3 is 0 Å². The highest BCUT2D eigenvalue weighted by atomic mass is 19.2. The third-order valence-electron chi connectivity index (χ3n) is 3.31. The summed E-state index contributed by atoms with van der Waals surface area (Å²) in [5.41, 5.74) is 1.61. The van der Waals surface area contributed by atoms with E-state index in [0.29, 0.717) is 10.9 Å². The minimum atomic E-state index is -1.84. The second-order valence-corrected chi connectivity index (χ2v) is 4.79. The van der Waals surface area contributed by atoms with E-state index < -0.39 is 28.8 Å². The molecule has 0 radical (unpaired) electrons. The first-order chi connectivity index (χ1) is 9.40. The Kier molecular flexibility index (Phi) is 2.67. The molecule has 0 aliphatic heterocycles. The lowest BCUT2D eigenvalue weighted by atomic mass is 10.0. The molecule has 1 nitrogen and oxygen atoms in total. The molecule has 3 rings (SSSR count). The zero-order valence-corrected chi connectivity index (χ0v) is 10.7. The second-order valence-electron chi connectivity index (χ2n) is 4.79. The van der Waals surface area contributed by atoms with E-state index >= 15 is 0 Å². The summed E-state index contributed by atoms with van der Waals surface area (Å²) in [7, 11) is 0. The molecular formula is C15H9F4N. The van der Waals surface area contributed by atoms with Gasteiger partial charge in [0.1, 0.15) is 5.52 Å². The van der Waals surface area contributed by atoms with Crippen molar-refractivity contribution in [3.05, 3.63) is 52.6 Å². The van der Waals surface area contributed by atoms with E-state index in [0.717, 1.165) is 11.1 Å². The summed E-state index contributed by atoms with van der Waals surface area (Å²) in [6.45, 7) is 3.62. The monoisotopic (exact) mass is 279 g/mol. The van der Waals surface area contributed by atoms with E-state index in [4.69, 9.17) is 0 Å². The lowest BCUT2D eigenvalue weighted by molar-refractivity contribution is 0.417. The maximum absolute atomic E-state index is 13.8. The molecular weight excluding hydrogens is 270 g/mol. The minimum Gasteiger partial charge on any atom is -0.244 e. The molecule has 0 aliphatic carbocycles. The van der Waals surface area contributed by atoms with Crippen molar-refractivity contribution in [3.63, 3.8) is 0 Å². The van der Waals surface area contributed by atoms with Crippen molar-refractivity contribution in [2.24, 2.45) is 0 Å². The number of nitrogens with zero attached hydrogens (tertiary/aromatic N) is 1. The molecule has 1 aromatic heterocycles. The largest absolute Gasteiger partial charge is 0.244 e. The zero-order valence-electron chi connectivity index (χ0n) is 10.7. The number of rotatable bonds is 0. The van der Waals surface area contributed by atoms with Gasteiger partial charge in [-0.05, 0) is 37.1 Å². The number of hydrogen-bond acceptors (Lipinski definition) is 1. The van der Waals surface area contributed by atoms with Crippen LogP contribution in [0.3, 0.4) is 0 Å². The van der Waals surface area contributed by atoms with E-state index in [-0.39, 0.29) is 5.39 Å². The van der Waals surface area contributed by atoms with Crippen molar-refractivity contribution >= 4 is 21.8 Å². The van der Waals surface area contributed by atoms with Gasteiger partial charge in [-0.3, -0.25) is 0 Å². The minimum absolute atomic E-state index is 0.360. The van der Waals surface area contributed by atoms with Crippen LogP contribution >= 0.6 is 0 Å². The maximum Gasteiger partial charge on any atom is 0.199 e. The van der Waals surface area contributed by atoms with Gasteiger partial charge in [0.15, 0.2) is 23.3 Å². The zero-order chi connectivity index (χ0) is 14.6. The third-order valence-corrected chi connectivity index (χ3v) is 3.31. The molecule has 5 heteroatoms. The Balaban J connectivity index is 2.58. The molecule has 102 valence electrons. The standard InChI is InChI=1S/C15H9F4N/c1-6-3-7(2)8-5-9-11(16)12(17)13(18)14(19)15(9)20-10(8)4-6/h3-5H,1-2H3. The number of aromatic nitrogens is 1. The average Bonchev–Trinajstić information content (AvgIpc) is 2.41. The van der Waals surface area contributed by atoms with Crippen molar-refractivity contribution in [3.8, 4) is 0 Å². The van der Waals surface area contributed by atoms with Crippen LogP contribution < -0.4 is 0 Å². The first-order valence-electron chi connectivity index (χ1n) is 5.94. The fraction of sp³-hybridized carbons (Fsp3) is 0.133. The van der Waals surface area contributed by atoms with Crippen molar-refractivity contribution in [2.45, 2.75) is 13.8 Å². The molecule has 0 amide bonds. The van der Waals surface area contributed by atoms with E-state index in [1.807, 2.05) is 13.0 Å². The SMILES string of the molecule is Cc1cc(C)c2cc3c(F)c(F)c(F)c(F)c3nc2c1. The molecule has 0 fully saturated rings. The summed E-state index contributed by atoms with van der Waals surface area (Å²) in [4.78, 5) is 3.94. The van der Waals surface area contributed by atoms with Crippen LogP contribution in [0.15, 0.2) is 18.2 Å². The molecule has 0 saturated heterocycles. The third kappa shape index (κ3) is 1.66. The Morgan fingerprint density at radius 2 is 1.40 bits per heavy atom. The molecule has 20 heavy (non-hydrogen) atoms. The molecule has 2 aromatic carbocycles. The number of benzene rings is 2. The molecule has 0 saturated carbocycles. The molecule has 0 atom stereocenters. The van der Waals surface area contributed by atoms with Crippen molar-refractivity contribution in [1.29, 1.82) is 0 Å². The second kappa shape index (κ2) is 4.16. The fourth-order valence-corrected chi connectivity index (χ4v) is 2.38. The summed E-state index contributed by atoms with van der Waals surface area (Å²) in [6.07, 6.45) is 0. The highest BCUT2D eigenvalue weighted by molar-refractivity contribution is 5.95. The number of pyridine rings is 1. The van der Waals surface area contributed by atoms with Gasteiger partial charge >= 0.3 is 0 Å². The maximum atomic E-state index is 13.8. The van der Waals surface area contributed by atoms with Crippen molar-refractivity contribution in [1.82, 2.24) is 4.98 Å². The molecule has 0 N–H and O–H groups in total. The van der Waals surface area contributed by atoms with Crippen LogP contribution in [0.25, 0.3) is 21.8 Å². The molecule has 3 aromatic rings. The summed E-state index contributed by atoms with van der Waals surface area (Å²) >= 11 is 0. The van der Waals surface area contributed by atoms with Gasteiger partial charge in [-0.25, -0.2) is 22.5 Å². The molecule has 0 spiro atoms. The van der Waals surface area contributed by atoms with Gasteiger partial charge in [0, 0.05) is 10.8 Å².